The van der Waals surface area contributed by atoms with Crippen molar-refractivity contribution in [1.29, 1.82) is 0 Å². The predicted molar refractivity (Wildman–Crippen MR) is 109 cm³/mol. The highest BCUT2D eigenvalue weighted by Crippen LogP contribution is 2.24. The molecular weight excluding hydrogens is 394 g/mol. The number of nitrogens with zero attached hydrogens (tertiary/aromatic N) is 5. The van der Waals surface area contributed by atoms with E-state index in [1.165, 1.54) is 4.31 Å². The summed E-state index contributed by atoms with van der Waals surface area (Å²) < 4.78 is 29.0. The van der Waals surface area contributed by atoms with Crippen molar-refractivity contribution in [3.63, 3.8) is 0 Å². The predicted octanol–water partition coefficient (Wildman–Crippen LogP) is 2.50. The lowest BCUT2D eigenvalue weighted by Crippen LogP contribution is -2.49. The molecule has 3 rings (SSSR count). The van der Waals surface area contributed by atoms with E-state index in [2.05, 4.69) is 23.8 Å². The van der Waals surface area contributed by atoms with Crippen molar-refractivity contribution in [3.8, 4) is 0 Å². The van der Waals surface area contributed by atoms with E-state index in [9.17, 15) is 18.5 Å². The molecule has 2 heterocycles. The molecule has 29 heavy (non-hydrogen) atoms. The molecule has 0 radical (unpaired) electrons. The summed E-state index contributed by atoms with van der Waals surface area (Å²) >= 11 is 0. The minimum absolute atomic E-state index is 0.0380. The number of nitro groups is 1. The van der Waals surface area contributed by atoms with E-state index in [4.69, 9.17) is 0 Å². The molecule has 0 saturated carbocycles. The molecule has 1 aromatic carbocycles. The Morgan fingerprint density at radius 3 is 2.17 bits per heavy atom. The second kappa shape index (κ2) is 8.21. The molecule has 0 N–H and O–H groups in total. The molecule has 1 aliphatic heterocycles. The van der Waals surface area contributed by atoms with E-state index in [1.807, 2.05) is 12.1 Å². The third-order valence-electron chi connectivity index (χ3n) is 5.38. The molecule has 2 aromatic rings. The van der Waals surface area contributed by atoms with Gasteiger partial charge in [-0.25, -0.2) is 13.1 Å². The van der Waals surface area contributed by atoms with E-state index in [0.29, 0.717) is 55.0 Å². The van der Waals surface area contributed by atoms with Gasteiger partial charge in [0.05, 0.1) is 16.5 Å². The molecule has 0 unspecified atom stereocenters. The Bertz CT molecular complexity index is 990. The Morgan fingerprint density at radius 2 is 1.69 bits per heavy atom. The highest BCUT2D eigenvalue weighted by molar-refractivity contribution is 7.89. The molecule has 1 saturated heterocycles. The normalized spacial score (nSPS) is 16.4. The van der Waals surface area contributed by atoms with Gasteiger partial charge in [0.2, 0.25) is 10.0 Å². The van der Waals surface area contributed by atoms with Crippen molar-refractivity contribution in [3.05, 3.63) is 51.3 Å². The third-order valence-corrected chi connectivity index (χ3v) is 7.29. The number of sulfonamides is 1. The average molecular weight is 422 g/mol. The fourth-order valence-electron chi connectivity index (χ4n) is 3.56. The Kier molecular flexibility index (Phi) is 6.06. The van der Waals surface area contributed by atoms with Crippen molar-refractivity contribution in [2.24, 2.45) is 0 Å². The average Bonchev–Trinajstić information content (AvgIpc) is 2.95. The zero-order valence-corrected chi connectivity index (χ0v) is 18.0. The topological polar surface area (TPSA) is 102 Å². The second-order valence-electron chi connectivity index (χ2n) is 7.66. The lowest BCUT2D eigenvalue weighted by molar-refractivity contribution is -0.386. The van der Waals surface area contributed by atoms with Gasteiger partial charge in [-0.1, -0.05) is 26.0 Å². The molecule has 10 heteroatoms. The minimum atomic E-state index is -3.53. The maximum atomic E-state index is 12.9. The third kappa shape index (κ3) is 4.34. The lowest BCUT2D eigenvalue weighted by atomic mass is 10.0. The summed E-state index contributed by atoms with van der Waals surface area (Å²) in [5, 5.41) is 15.4. The van der Waals surface area contributed by atoms with E-state index in [-0.39, 0.29) is 5.69 Å². The van der Waals surface area contributed by atoms with Gasteiger partial charge in [0.15, 0.2) is 0 Å². The summed E-state index contributed by atoms with van der Waals surface area (Å²) in [4.78, 5) is 13.1. The van der Waals surface area contributed by atoms with Crippen LogP contribution >= 0.6 is 0 Å². The minimum Gasteiger partial charge on any atom is -0.282 e. The van der Waals surface area contributed by atoms with Crippen LogP contribution < -0.4 is 0 Å². The Balaban J connectivity index is 1.66. The first-order valence-corrected chi connectivity index (χ1v) is 11.1. The Morgan fingerprint density at radius 1 is 1.10 bits per heavy atom. The number of aromatic nitrogens is 2. The molecule has 0 bridgehead atoms. The summed E-state index contributed by atoms with van der Waals surface area (Å²) in [6.45, 7) is 9.66. The SMILES string of the molecule is Cc1nn(CN2CCN(S(=O)(=O)c3ccc(C(C)C)cc3)CC2)c(C)c1[N+](=O)[O-]. The summed E-state index contributed by atoms with van der Waals surface area (Å²) in [5.41, 5.74) is 2.04. The summed E-state index contributed by atoms with van der Waals surface area (Å²) in [6, 6.07) is 7.07. The largest absolute Gasteiger partial charge is 0.312 e. The monoisotopic (exact) mass is 421 g/mol. The smallest absolute Gasteiger partial charge is 0.282 e. The Hall–Kier alpha value is -2.30. The number of benzene rings is 1. The van der Waals surface area contributed by atoms with Crippen molar-refractivity contribution in [2.45, 2.75) is 45.2 Å². The first-order chi connectivity index (χ1) is 13.6. The van der Waals surface area contributed by atoms with Gasteiger partial charge in [-0.3, -0.25) is 15.0 Å². The van der Waals surface area contributed by atoms with Gasteiger partial charge < -0.3 is 0 Å². The molecule has 1 fully saturated rings. The van der Waals surface area contributed by atoms with Crippen LogP contribution in [-0.4, -0.2) is 58.5 Å². The number of hydrogen-bond donors (Lipinski definition) is 0. The quantitative estimate of drug-likeness (QED) is 0.525. The number of hydrogen-bond acceptors (Lipinski definition) is 6. The van der Waals surface area contributed by atoms with Gasteiger partial charge in [0.1, 0.15) is 11.4 Å². The number of rotatable bonds is 6. The molecule has 9 nitrogen and oxygen atoms in total. The summed E-state index contributed by atoms with van der Waals surface area (Å²) in [5.74, 6) is 0.348. The van der Waals surface area contributed by atoms with E-state index < -0.39 is 14.9 Å². The molecule has 0 amide bonds. The molecule has 1 aliphatic rings. The van der Waals surface area contributed by atoms with Crippen LogP contribution in [-0.2, 0) is 16.7 Å². The Labute approximate surface area is 171 Å². The van der Waals surface area contributed by atoms with Crippen LogP contribution in [0.15, 0.2) is 29.2 Å². The maximum Gasteiger partial charge on any atom is 0.312 e. The van der Waals surface area contributed by atoms with Crippen LogP contribution in [0.2, 0.25) is 0 Å². The van der Waals surface area contributed by atoms with Crippen LogP contribution in [0.4, 0.5) is 5.69 Å². The second-order valence-corrected chi connectivity index (χ2v) is 9.60. The molecule has 0 spiro atoms. The first kappa shape index (κ1) is 21.4. The standard InChI is InChI=1S/C19H27N5O4S/c1-14(2)17-5-7-18(8-6-17)29(27,28)22-11-9-21(10-12-22)13-23-16(4)19(24(25)26)15(3)20-23/h5-8,14H,9-13H2,1-4H3. The van der Waals surface area contributed by atoms with Crippen LogP contribution in [0.3, 0.4) is 0 Å². The van der Waals surface area contributed by atoms with Gasteiger partial charge in [0, 0.05) is 26.2 Å². The summed E-state index contributed by atoms with van der Waals surface area (Å²) in [7, 11) is -3.53. The van der Waals surface area contributed by atoms with Crippen LogP contribution in [0, 0.1) is 24.0 Å². The van der Waals surface area contributed by atoms with E-state index in [1.54, 1.807) is 30.7 Å². The highest BCUT2D eigenvalue weighted by Gasteiger charge is 2.29. The highest BCUT2D eigenvalue weighted by atomic mass is 32.2. The molecule has 0 aliphatic carbocycles. The summed E-state index contributed by atoms with van der Waals surface area (Å²) in [6.07, 6.45) is 0. The number of piperazine rings is 1. The first-order valence-electron chi connectivity index (χ1n) is 9.62. The molecule has 0 atom stereocenters. The van der Waals surface area contributed by atoms with Gasteiger partial charge in [-0.2, -0.15) is 9.40 Å². The fraction of sp³-hybridized carbons (Fsp3) is 0.526. The van der Waals surface area contributed by atoms with Crippen molar-refractivity contribution < 1.29 is 13.3 Å². The van der Waals surface area contributed by atoms with Crippen LogP contribution in [0.5, 0.6) is 0 Å². The number of aryl methyl sites for hydroxylation is 1. The zero-order chi connectivity index (χ0) is 21.3. The molecule has 158 valence electrons. The van der Waals surface area contributed by atoms with Gasteiger partial charge in [-0.05, 0) is 37.5 Å². The lowest BCUT2D eigenvalue weighted by Gasteiger charge is -2.34. The van der Waals surface area contributed by atoms with Gasteiger partial charge >= 0.3 is 5.69 Å². The zero-order valence-electron chi connectivity index (χ0n) is 17.2. The van der Waals surface area contributed by atoms with Crippen LogP contribution in [0.1, 0.15) is 36.7 Å². The van der Waals surface area contributed by atoms with Crippen molar-refractivity contribution in [1.82, 2.24) is 19.0 Å². The molecule has 1 aromatic heterocycles. The van der Waals surface area contributed by atoms with E-state index in [0.717, 1.165) is 5.56 Å². The van der Waals surface area contributed by atoms with Crippen molar-refractivity contribution in [2.75, 3.05) is 26.2 Å². The van der Waals surface area contributed by atoms with Crippen LogP contribution in [0.25, 0.3) is 0 Å². The van der Waals surface area contributed by atoms with E-state index >= 15 is 0 Å². The fourth-order valence-corrected chi connectivity index (χ4v) is 4.99. The van der Waals surface area contributed by atoms with Gasteiger partial charge in [-0.15, -0.1) is 0 Å². The maximum absolute atomic E-state index is 12.9. The van der Waals surface area contributed by atoms with Crippen molar-refractivity contribution >= 4 is 15.7 Å². The van der Waals surface area contributed by atoms with Gasteiger partial charge in [0.25, 0.3) is 0 Å². The molecular formula is C19H27N5O4S.